The zero-order chi connectivity index (χ0) is 15.6. The molecule has 6 nitrogen and oxygen atoms in total. The van der Waals surface area contributed by atoms with E-state index in [-0.39, 0.29) is 23.4 Å². The number of anilines is 1. The minimum Gasteiger partial charge on any atom is -0.478 e. The maximum atomic E-state index is 11.9. The van der Waals surface area contributed by atoms with Crippen molar-refractivity contribution in [1.82, 2.24) is 5.32 Å². The van der Waals surface area contributed by atoms with E-state index >= 15 is 0 Å². The molecule has 8 heteroatoms. The van der Waals surface area contributed by atoms with Gasteiger partial charge in [0.1, 0.15) is 0 Å². The number of hydrogen-bond donors (Lipinski definition) is 3. The normalized spacial score (nSPS) is 20.5. The summed E-state index contributed by atoms with van der Waals surface area (Å²) < 4.78 is 6.24. The van der Waals surface area contributed by atoms with Gasteiger partial charge in [-0.25, -0.2) is 9.59 Å². The van der Waals surface area contributed by atoms with Crippen LogP contribution < -0.4 is 10.6 Å². The van der Waals surface area contributed by atoms with Crippen LogP contribution in [0.4, 0.5) is 10.5 Å². The Morgan fingerprint density at radius 2 is 2.00 bits per heavy atom. The Balaban J connectivity index is 2.05. The number of rotatable bonds is 4. The SMILES string of the molecule is COC1CC(NC(=O)Nc2c(Br)cc(Br)cc2C(=O)O)C1. The number of carboxylic acids is 1. The average molecular weight is 422 g/mol. The van der Waals surface area contributed by atoms with Crippen LogP contribution in [0.1, 0.15) is 23.2 Å². The van der Waals surface area contributed by atoms with Gasteiger partial charge in [0.15, 0.2) is 0 Å². The number of nitrogens with one attached hydrogen (secondary N) is 2. The summed E-state index contributed by atoms with van der Waals surface area (Å²) in [5.41, 5.74) is 0.237. The van der Waals surface area contributed by atoms with Gasteiger partial charge in [-0.3, -0.25) is 0 Å². The first-order valence-electron chi connectivity index (χ1n) is 6.23. The molecule has 114 valence electrons. The third-order valence-corrected chi connectivity index (χ3v) is 4.37. The number of aromatic carboxylic acids is 1. The number of urea groups is 1. The first-order chi connectivity index (χ1) is 9.90. The van der Waals surface area contributed by atoms with Crippen LogP contribution in [0.2, 0.25) is 0 Å². The highest BCUT2D eigenvalue weighted by Gasteiger charge is 2.30. The quantitative estimate of drug-likeness (QED) is 0.696. The second kappa shape index (κ2) is 6.76. The molecule has 2 rings (SSSR count). The molecule has 1 fully saturated rings. The summed E-state index contributed by atoms with van der Waals surface area (Å²) in [6.45, 7) is 0. The van der Waals surface area contributed by atoms with Gasteiger partial charge < -0.3 is 20.5 Å². The molecule has 0 bridgehead atoms. The first-order valence-corrected chi connectivity index (χ1v) is 7.82. The molecule has 0 aromatic heterocycles. The fourth-order valence-corrected chi connectivity index (χ4v) is 3.40. The molecule has 0 unspecified atom stereocenters. The number of carbonyl (C=O) groups excluding carboxylic acids is 1. The van der Waals surface area contributed by atoms with Gasteiger partial charge in [0.25, 0.3) is 0 Å². The molecule has 0 spiro atoms. The van der Waals surface area contributed by atoms with E-state index in [1.807, 2.05) is 0 Å². The van der Waals surface area contributed by atoms with Gasteiger partial charge in [-0.1, -0.05) is 15.9 Å². The smallest absolute Gasteiger partial charge is 0.337 e. The lowest BCUT2D eigenvalue weighted by Crippen LogP contribution is -2.48. The van der Waals surface area contributed by atoms with E-state index in [2.05, 4.69) is 42.5 Å². The van der Waals surface area contributed by atoms with Crippen molar-refractivity contribution in [3.63, 3.8) is 0 Å². The van der Waals surface area contributed by atoms with Gasteiger partial charge in [-0.05, 0) is 40.9 Å². The third kappa shape index (κ3) is 3.96. The summed E-state index contributed by atoms with van der Waals surface area (Å²) in [6.07, 6.45) is 1.71. The van der Waals surface area contributed by atoms with Gasteiger partial charge in [-0.2, -0.15) is 0 Å². The molecule has 1 aromatic carbocycles. The van der Waals surface area contributed by atoms with Crippen LogP contribution in [-0.2, 0) is 4.74 Å². The Labute approximate surface area is 138 Å². The van der Waals surface area contributed by atoms with Crippen LogP contribution in [0.5, 0.6) is 0 Å². The van der Waals surface area contributed by atoms with Crippen molar-refractivity contribution in [3.8, 4) is 0 Å². The zero-order valence-corrected chi connectivity index (χ0v) is 14.3. The van der Waals surface area contributed by atoms with Crippen molar-refractivity contribution in [2.75, 3.05) is 12.4 Å². The molecule has 0 radical (unpaired) electrons. The number of ether oxygens (including phenoxy) is 1. The third-order valence-electron chi connectivity index (χ3n) is 3.29. The number of amides is 2. The molecule has 2 amide bonds. The summed E-state index contributed by atoms with van der Waals surface area (Å²) in [7, 11) is 1.64. The van der Waals surface area contributed by atoms with Crippen LogP contribution in [0.3, 0.4) is 0 Å². The largest absolute Gasteiger partial charge is 0.478 e. The summed E-state index contributed by atoms with van der Waals surface area (Å²) in [6, 6.07) is 2.73. The Bertz CT molecular complexity index is 574. The molecule has 0 saturated heterocycles. The molecule has 1 aromatic rings. The highest BCUT2D eigenvalue weighted by molar-refractivity contribution is 9.11. The molecule has 0 aliphatic heterocycles. The standard InChI is InChI=1S/C13H14Br2N2O4/c1-21-8-4-7(5-8)16-13(20)17-11-9(12(18)19)2-6(14)3-10(11)15/h2-3,7-8H,4-5H2,1H3,(H,18,19)(H2,16,17,20). The summed E-state index contributed by atoms with van der Waals surface area (Å²) >= 11 is 6.48. The van der Waals surface area contributed by atoms with E-state index < -0.39 is 12.0 Å². The van der Waals surface area contributed by atoms with E-state index in [1.54, 1.807) is 13.2 Å². The number of carboxylic acid groups (broad SMARTS) is 1. The Morgan fingerprint density at radius 3 is 2.57 bits per heavy atom. The fraction of sp³-hybridized carbons (Fsp3) is 0.385. The maximum absolute atomic E-state index is 11.9. The van der Waals surface area contributed by atoms with E-state index in [1.165, 1.54) is 6.07 Å². The van der Waals surface area contributed by atoms with Crippen LogP contribution in [-0.4, -0.2) is 36.4 Å². The number of halogens is 2. The Kier molecular flexibility index (Phi) is 5.23. The molecule has 0 atom stereocenters. The van der Waals surface area contributed by atoms with Crippen LogP contribution in [0.25, 0.3) is 0 Å². The van der Waals surface area contributed by atoms with Crippen molar-refractivity contribution in [2.45, 2.75) is 25.0 Å². The monoisotopic (exact) mass is 420 g/mol. The van der Waals surface area contributed by atoms with Gasteiger partial charge in [0, 0.05) is 22.1 Å². The molecule has 3 N–H and O–H groups in total. The number of benzene rings is 1. The second-order valence-electron chi connectivity index (χ2n) is 4.74. The van der Waals surface area contributed by atoms with E-state index in [4.69, 9.17) is 4.74 Å². The predicted molar refractivity (Wildman–Crippen MR) is 84.8 cm³/mol. The lowest BCUT2D eigenvalue weighted by Gasteiger charge is -2.34. The number of hydrogen-bond acceptors (Lipinski definition) is 3. The lowest BCUT2D eigenvalue weighted by molar-refractivity contribution is 0.0210. The maximum Gasteiger partial charge on any atom is 0.337 e. The number of methoxy groups -OCH3 is 1. The molecule has 1 saturated carbocycles. The molecular weight excluding hydrogens is 408 g/mol. The van der Waals surface area contributed by atoms with E-state index in [0.717, 1.165) is 12.8 Å². The van der Waals surface area contributed by atoms with Crippen molar-refractivity contribution in [3.05, 3.63) is 26.6 Å². The Morgan fingerprint density at radius 1 is 1.33 bits per heavy atom. The minimum atomic E-state index is -1.12. The lowest BCUT2D eigenvalue weighted by atomic mass is 9.89. The van der Waals surface area contributed by atoms with Gasteiger partial charge >= 0.3 is 12.0 Å². The van der Waals surface area contributed by atoms with Gasteiger partial charge in [0.2, 0.25) is 0 Å². The highest BCUT2D eigenvalue weighted by Crippen LogP contribution is 2.31. The molecule has 1 aliphatic rings. The Hall–Kier alpha value is -1.12. The highest BCUT2D eigenvalue weighted by atomic mass is 79.9. The second-order valence-corrected chi connectivity index (χ2v) is 6.51. The van der Waals surface area contributed by atoms with Crippen molar-refractivity contribution in [2.24, 2.45) is 0 Å². The molecule has 0 heterocycles. The van der Waals surface area contributed by atoms with Gasteiger partial charge in [0.05, 0.1) is 17.4 Å². The predicted octanol–water partition coefficient (Wildman–Crippen LogP) is 3.21. The van der Waals surface area contributed by atoms with Crippen molar-refractivity contribution < 1.29 is 19.4 Å². The van der Waals surface area contributed by atoms with Crippen molar-refractivity contribution >= 4 is 49.5 Å². The minimum absolute atomic E-state index is 0.00905. The topological polar surface area (TPSA) is 87.7 Å². The van der Waals surface area contributed by atoms with Gasteiger partial charge in [-0.15, -0.1) is 0 Å². The summed E-state index contributed by atoms with van der Waals surface area (Å²) in [5, 5.41) is 14.6. The molecule has 21 heavy (non-hydrogen) atoms. The van der Waals surface area contributed by atoms with Crippen LogP contribution in [0.15, 0.2) is 21.1 Å². The van der Waals surface area contributed by atoms with E-state index in [0.29, 0.717) is 8.95 Å². The zero-order valence-electron chi connectivity index (χ0n) is 11.2. The van der Waals surface area contributed by atoms with Crippen molar-refractivity contribution in [1.29, 1.82) is 0 Å². The molecular formula is C13H14Br2N2O4. The number of carbonyl (C=O) groups is 2. The van der Waals surface area contributed by atoms with E-state index in [9.17, 15) is 14.7 Å². The van der Waals surface area contributed by atoms with Crippen LogP contribution in [0, 0.1) is 0 Å². The van der Waals surface area contributed by atoms with Crippen LogP contribution >= 0.6 is 31.9 Å². The fourth-order valence-electron chi connectivity index (χ4n) is 2.08. The first kappa shape index (κ1) is 16.3. The summed E-state index contributed by atoms with van der Waals surface area (Å²) in [4.78, 5) is 23.2. The molecule has 1 aliphatic carbocycles. The average Bonchev–Trinajstić information content (AvgIpc) is 2.35. The summed E-state index contributed by atoms with van der Waals surface area (Å²) in [5.74, 6) is -1.12.